The summed E-state index contributed by atoms with van der Waals surface area (Å²) in [6.07, 6.45) is 21.2. The van der Waals surface area contributed by atoms with Gasteiger partial charge in [-0.1, -0.05) is 20.8 Å². The number of fused-ring (bicyclic) bond motifs is 5. The van der Waals surface area contributed by atoms with Crippen LogP contribution < -0.4 is 0 Å². The molecule has 3 aliphatic carbocycles. The molecule has 2 aromatic rings. The van der Waals surface area contributed by atoms with E-state index >= 15 is 0 Å². The highest BCUT2D eigenvalue weighted by Crippen LogP contribution is 2.45. The fourth-order valence-electron chi connectivity index (χ4n) is 8.22. The lowest BCUT2D eigenvalue weighted by molar-refractivity contribution is 0.346. The van der Waals surface area contributed by atoms with Crippen LogP contribution in [0.25, 0.3) is 0 Å². The van der Waals surface area contributed by atoms with E-state index in [0.29, 0.717) is 17.9 Å². The maximum absolute atomic E-state index is 5.25. The maximum Gasteiger partial charge on any atom is 0.0441 e. The Morgan fingerprint density at radius 2 is 1.24 bits per heavy atom. The first-order chi connectivity index (χ1) is 16.1. The molecule has 2 heteroatoms. The molecule has 2 aromatic heterocycles. The molecule has 4 aliphatic rings. The lowest BCUT2D eigenvalue weighted by Crippen LogP contribution is -2.24. The Morgan fingerprint density at radius 3 is 1.91 bits per heavy atom. The number of nitrogens with zero attached hydrogens (tertiary/aromatic N) is 2. The Kier molecular flexibility index (Phi) is 5.91. The van der Waals surface area contributed by atoms with Gasteiger partial charge in [-0.3, -0.25) is 4.98 Å². The number of pyridine rings is 1. The predicted molar refractivity (Wildman–Crippen MR) is 138 cm³/mol. The fraction of sp³-hybridized carbons (Fsp3) is 0.710. The molecule has 1 aliphatic heterocycles. The third kappa shape index (κ3) is 3.71. The summed E-state index contributed by atoms with van der Waals surface area (Å²) in [6, 6.07) is 0.703. The lowest BCUT2D eigenvalue weighted by atomic mass is 9.77. The van der Waals surface area contributed by atoms with Crippen LogP contribution in [0.2, 0.25) is 0 Å². The largest absolute Gasteiger partial charge is 0.345 e. The number of hydrogen-bond acceptors (Lipinski definition) is 1. The zero-order chi connectivity index (χ0) is 22.5. The van der Waals surface area contributed by atoms with Crippen LogP contribution in [0.1, 0.15) is 147 Å². The van der Waals surface area contributed by atoms with Gasteiger partial charge in [0.15, 0.2) is 0 Å². The Morgan fingerprint density at radius 1 is 0.667 bits per heavy atom. The molecule has 2 unspecified atom stereocenters. The van der Waals surface area contributed by atoms with Crippen molar-refractivity contribution >= 4 is 0 Å². The molecule has 0 saturated heterocycles. The first-order valence-corrected chi connectivity index (χ1v) is 14.4. The van der Waals surface area contributed by atoms with Crippen molar-refractivity contribution in [1.29, 1.82) is 0 Å². The van der Waals surface area contributed by atoms with Gasteiger partial charge in [-0.25, -0.2) is 0 Å². The monoisotopic (exact) mass is 444 g/mol. The molecule has 0 fully saturated rings. The van der Waals surface area contributed by atoms with Gasteiger partial charge in [0.05, 0.1) is 0 Å². The van der Waals surface area contributed by atoms with Crippen molar-refractivity contribution in [1.82, 2.24) is 9.55 Å². The number of aromatic nitrogens is 2. The normalized spacial score (nSPS) is 23.0. The summed E-state index contributed by atoms with van der Waals surface area (Å²) in [4.78, 5) is 5.25. The number of hydrogen-bond donors (Lipinski definition) is 0. The molecule has 33 heavy (non-hydrogen) atoms. The summed E-state index contributed by atoms with van der Waals surface area (Å²) in [6.45, 7) is 7.45. The summed E-state index contributed by atoms with van der Waals surface area (Å²) in [7, 11) is 0. The minimum Gasteiger partial charge on any atom is -0.345 e. The van der Waals surface area contributed by atoms with Crippen molar-refractivity contribution in [2.75, 3.05) is 0 Å². The lowest BCUT2D eigenvalue weighted by Gasteiger charge is -2.34. The SMILES string of the molecule is CC(C)c1c2c(n3c1CCCC3CC(C)c1c3c(nc4c1CCCC4)CCCC3)CCCC2. The molecule has 0 saturated carbocycles. The Bertz CT molecular complexity index is 1010. The molecule has 0 spiro atoms. The van der Waals surface area contributed by atoms with Gasteiger partial charge in [-0.15, -0.1) is 0 Å². The first-order valence-electron chi connectivity index (χ1n) is 14.4. The van der Waals surface area contributed by atoms with Crippen LogP contribution >= 0.6 is 0 Å². The molecule has 0 amide bonds. The van der Waals surface area contributed by atoms with Crippen molar-refractivity contribution in [2.45, 2.75) is 141 Å². The van der Waals surface area contributed by atoms with E-state index in [1.807, 2.05) is 0 Å². The molecular weight excluding hydrogens is 400 g/mol. The average Bonchev–Trinajstić information content (AvgIpc) is 3.18. The second-order valence-electron chi connectivity index (χ2n) is 12.0. The Hall–Kier alpha value is -1.57. The third-order valence-corrected chi connectivity index (χ3v) is 9.47. The summed E-state index contributed by atoms with van der Waals surface area (Å²) in [5.41, 5.74) is 15.1. The number of rotatable bonds is 4. The molecule has 178 valence electrons. The van der Waals surface area contributed by atoms with Crippen LogP contribution in [0.4, 0.5) is 0 Å². The van der Waals surface area contributed by atoms with Gasteiger partial charge in [0, 0.05) is 28.8 Å². The van der Waals surface area contributed by atoms with E-state index in [0.717, 1.165) is 0 Å². The van der Waals surface area contributed by atoms with E-state index in [2.05, 4.69) is 25.3 Å². The zero-order valence-electron chi connectivity index (χ0n) is 21.4. The van der Waals surface area contributed by atoms with Crippen LogP contribution in [0.3, 0.4) is 0 Å². The van der Waals surface area contributed by atoms with E-state index in [4.69, 9.17) is 4.98 Å². The highest BCUT2D eigenvalue weighted by molar-refractivity contribution is 5.46. The highest BCUT2D eigenvalue weighted by Gasteiger charge is 2.34. The summed E-state index contributed by atoms with van der Waals surface area (Å²) < 4.78 is 2.92. The average molecular weight is 445 g/mol. The van der Waals surface area contributed by atoms with Crippen LogP contribution in [-0.2, 0) is 44.9 Å². The first kappa shape index (κ1) is 21.9. The van der Waals surface area contributed by atoms with Gasteiger partial charge >= 0.3 is 0 Å². The topological polar surface area (TPSA) is 17.8 Å². The molecule has 0 N–H and O–H groups in total. The summed E-state index contributed by atoms with van der Waals surface area (Å²) in [5.74, 6) is 1.33. The molecular formula is C31H44N2. The van der Waals surface area contributed by atoms with E-state index in [9.17, 15) is 0 Å². The van der Waals surface area contributed by atoms with Crippen molar-refractivity contribution in [3.63, 3.8) is 0 Å². The van der Waals surface area contributed by atoms with Crippen molar-refractivity contribution in [3.05, 3.63) is 50.6 Å². The highest BCUT2D eigenvalue weighted by atomic mass is 15.1. The van der Waals surface area contributed by atoms with Gasteiger partial charge in [0.25, 0.3) is 0 Å². The van der Waals surface area contributed by atoms with E-state index in [1.54, 1.807) is 39.2 Å². The summed E-state index contributed by atoms with van der Waals surface area (Å²) in [5, 5.41) is 0. The fourth-order valence-corrected chi connectivity index (χ4v) is 8.22. The third-order valence-electron chi connectivity index (χ3n) is 9.47. The minimum absolute atomic E-state index is 0.659. The molecule has 0 radical (unpaired) electrons. The maximum atomic E-state index is 5.25. The van der Waals surface area contributed by atoms with Crippen molar-refractivity contribution < 1.29 is 0 Å². The molecule has 0 bridgehead atoms. The van der Waals surface area contributed by atoms with Gasteiger partial charge in [-0.05, 0) is 142 Å². The molecule has 6 rings (SSSR count). The minimum atomic E-state index is 0.659. The van der Waals surface area contributed by atoms with Crippen LogP contribution in [0.5, 0.6) is 0 Å². The second kappa shape index (κ2) is 8.90. The van der Waals surface area contributed by atoms with Crippen LogP contribution in [0, 0.1) is 0 Å². The van der Waals surface area contributed by atoms with Gasteiger partial charge in [-0.2, -0.15) is 0 Å². The van der Waals surface area contributed by atoms with Gasteiger partial charge in [0.2, 0.25) is 0 Å². The zero-order valence-corrected chi connectivity index (χ0v) is 21.4. The second-order valence-corrected chi connectivity index (χ2v) is 12.0. The molecule has 2 atom stereocenters. The predicted octanol–water partition coefficient (Wildman–Crippen LogP) is 7.71. The van der Waals surface area contributed by atoms with Crippen molar-refractivity contribution in [3.8, 4) is 0 Å². The Balaban J connectivity index is 1.39. The molecule has 0 aromatic carbocycles. The number of aryl methyl sites for hydroxylation is 2. The van der Waals surface area contributed by atoms with Crippen LogP contribution in [-0.4, -0.2) is 9.55 Å². The quantitative estimate of drug-likeness (QED) is 0.472. The summed E-state index contributed by atoms with van der Waals surface area (Å²) >= 11 is 0. The molecule has 2 nitrogen and oxygen atoms in total. The molecule has 3 heterocycles. The van der Waals surface area contributed by atoms with E-state index in [1.165, 1.54) is 114 Å². The smallest absolute Gasteiger partial charge is 0.0441 e. The van der Waals surface area contributed by atoms with Crippen LogP contribution in [0.15, 0.2) is 0 Å². The Labute approximate surface area is 201 Å². The van der Waals surface area contributed by atoms with E-state index in [-0.39, 0.29) is 0 Å². The van der Waals surface area contributed by atoms with Gasteiger partial charge in [0.1, 0.15) is 0 Å². The van der Waals surface area contributed by atoms with Crippen molar-refractivity contribution in [2.24, 2.45) is 0 Å². The standard InChI is InChI=1S/C31H44N2/c1-20(2)30-25-14-6-9-17-28(25)33-22(11-10-18-29(30)33)19-21(3)31-23-12-4-7-15-26(23)32-27-16-8-5-13-24(27)31/h20-22H,4-19H2,1-3H3. The van der Waals surface area contributed by atoms with E-state index < -0.39 is 0 Å². The van der Waals surface area contributed by atoms with Gasteiger partial charge < -0.3 is 4.57 Å².